The average molecular weight is 302 g/mol. The Balaban J connectivity index is 2.18. The molecule has 0 fully saturated rings. The van der Waals surface area contributed by atoms with E-state index in [0.29, 0.717) is 22.3 Å². The highest BCUT2D eigenvalue weighted by Crippen LogP contribution is 2.36. The van der Waals surface area contributed by atoms with Crippen molar-refractivity contribution in [1.29, 1.82) is 0 Å². The second-order valence-corrected chi connectivity index (χ2v) is 5.85. The summed E-state index contributed by atoms with van der Waals surface area (Å²) in [6, 6.07) is 3.66. The van der Waals surface area contributed by atoms with Crippen LogP contribution in [0.5, 0.6) is 0 Å². The van der Waals surface area contributed by atoms with Crippen LogP contribution in [0.15, 0.2) is 40.0 Å². The molecular formula is C14H14N4O2S. The predicted molar refractivity (Wildman–Crippen MR) is 82.1 cm³/mol. The maximum absolute atomic E-state index is 11.8. The zero-order chi connectivity index (χ0) is 15.0. The molecule has 6 nitrogen and oxygen atoms in total. The summed E-state index contributed by atoms with van der Waals surface area (Å²) in [6.07, 6.45) is 4.63. The van der Waals surface area contributed by atoms with Crippen molar-refractivity contribution < 1.29 is 4.42 Å². The quantitative estimate of drug-likeness (QED) is 0.804. The first kappa shape index (κ1) is 13.6. The van der Waals surface area contributed by atoms with E-state index < -0.39 is 0 Å². The second-order valence-electron chi connectivity index (χ2n) is 4.82. The maximum atomic E-state index is 11.8. The third-order valence-corrected chi connectivity index (χ3v) is 3.92. The van der Waals surface area contributed by atoms with E-state index in [4.69, 9.17) is 10.2 Å². The van der Waals surface area contributed by atoms with Gasteiger partial charge in [0.25, 0.3) is 5.56 Å². The summed E-state index contributed by atoms with van der Waals surface area (Å²) in [5.41, 5.74) is 6.99. The Kier molecular flexibility index (Phi) is 3.34. The van der Waals surface area contributed by atoms with Crippen molar-refractivity contribution in [3.63, 3.8) is 0 Å². The fourth-order valence-electron chi connectivity index (χ4n) is 2.03. The molecule has 108 valence electrons. The molecule has 7 heteroatoms. The van der Waals surface area contributed by atoms with Crippen LogP contribution in [-0.2, 0) is 0 Å². The minimum absolute atomic E-state index is 0.0524. The molecule has 0 radical (unpaired) electrons. The molecule has 0 aliphatic carbocycles. The third-order valence-electron chi connectivity index (χ3n) is 3.02. The zero-order valence-corrected chi connectivity index (χ0v) is 12.4. The molecule has 0 unspecified atom stereocenters. The number of hydrogen-bond acceptors (Lipinski definition) is 6. The first-order chi connectivity index (χ1) is 10.1. The van der Waals surface area contributed by atoms with Gasteiger partial charge in [0.15, 0.2) is 10.9 Å². The lowest BCUT2D eigenvalue weighted by atomic mass is 10.2. The summed E-state index contributed by atoms with van der Waals surface area (Å²) in [5.74, 6) is 0.627. The van der Waals surface area contributed by atoms with Gasteiger partial charge in [0, 0.05) is 12.2 Å². The fraction of sp³-hybridized carbons (Fsp3) is 0.214. The van der Waals surface area contributed by atoms with Crippen molar-refractivity contribution in [2.24, 2.45) is 0 Å². The van der Waals surface area contributed by atoms with Gasteiger partial charge in [-0.1, -0.05) is 11.3 Å². The van der Waals surface area contributed by atoms with Gasteiger partial charge in [-0.15, -0.1) is 0 Å². The third kappa shape index (κ3) is 2.47. The van der Waals surface area contributed by atoms with Crippen LogP contribution in [-0.4, -0.2) is 14.5 Å². The monoisotopic (exact) mass is 302 g/mol. The smallest absolute Gasteiger partial charge is 0.269 e. The summed E-state index contributed by atoms with van der Waals surface area (Å²) in [4.78, 5) is 21.1. The topological polar surface area (TPSA) is 86.9 Å². The number of nitrogen functional groups attached to an aromatic ring is 1. The molecule has 3 rings (SSSR count). The van der Waals surface area contributed by atoms with Crippen molar-refractivity contribution in [1.82, 2.24) is 14.5 Å². The summed E-state index contributed by atoms with van der Waals surface area (Å²) < 4.78 is 7.02. The predicted octanol–water partition coefficient (Wildman–Crippen LogP) is 2.79. The average Bonchev–Trinajstić information content (AvgIpc) is 3.07. The Morgan fingerprint density at radius 3 is 2.90 bits per heavy atom. The lowest BCUT2D eigenvalue weighted by Gasteiger charge is -2.10. The number of nitrogens with zero attached hydrogens (tertiary/aromatic N) is 3. The van der Waals surface area contributed by atoms with E-state index in [9.17, 15) is 4.79 Å². The van der Waals surface area contributed by atoms with Crippen LogP contribution in [0.1, 0.15) is 19.9 Å². The Morgan fingerprint density at radius 1 is 1.43 bits per heavy atom. The molecule has 21 heavy (non-hydrogen) atoms. The molecular weight excluding hydrogens is 288 g/mol. The van der Waals surface area contributed by atoms with Crippen molar-refractivity contribution in [2.75, 3.05) is 5.73 Å². The highest BCUT2D eigenvalue weighted by atomic mass is 32.1. The van der Waals surface area contributed by atoms with Gasteiger partial charge in [-0.05, 0) is 26.0 Å². The lowest BCUT2D eigenvalue weighted by Crippen LogP contribution is -2.21. The van der Waals surface area contributed by atoms with Crippen molar-refractivity contribution in [3.05, 3.63) is 41.1 Å². The first-order valence-electron chi connectivity index (χ1n) is 6.45. The van der Waals surface area contributed by atoms with Gasteiger partial charge >= 0.3 is 0 Å². The van der Waals surface area contributed by atoms with Crippen LogP contribution in [0.4, 0.5) is 5.13 Å². The van der Waals surface area contributed by atoms with Crippen LogP contribution >= 0.6 is 11.3 Å². The maximum Gasteiger partial charge on any atom is 0.269 e. The first-order valence-corrected chi connectivity index (χ1v) is 7.26. The van der Waals surface area contributed by atoms with E-state index >= 15 is 0 Å². The molecule has 0 bridgehead atoms. The van der Waals surface area contributed by atoms with E-state index in [1.54, 1.807) is 23.1 Å². The van der Waals surface area contributed by atoms with E-state index in [2.05, 4.69) is 9.97 Å². The Morgan fingerprint density at radius 2 is 2.24 bits per heavy atom. The van der Waals surface area contributed by atoms with E-state index in [1.807, 2.05) is 19.9 Å². The van der Waals surface area contributed by atoms with Gasteiger partial charge in [0.05, 0.1) is 23.0 Å². The van der Waals surface area contributed by atoms with Crippen molar-refractivity contribution >= 4 is 16.5 Å². The largest absolute Gasteiger partial charge is 0.463 e. The number of nitrogens with two attached hydrogens (primary N) is 1. The van der Waals surface area contributed by atoms with Crippen LogP contribution in [0.3, 0.4) is 0 Å². The van der Waals surface area contributed by atoms with E-state index in [1.165, 1.54) is 17.5 Å². The van der Waals surface area contributed by atoms with Crippen molar-refractivity contribution in [3.8, 4) is 22.0 Å². The molecule has 3 aromatic rings. The Labute approximate surface area is 124 Å². The van der Waals surface area contributed by atoms with Crippen molar-refractivity contribution in [2.45, 2.75) is 19.9 Å². The number of hydrogen-bond donors (Lipinski definition) is 1. The standard InChI is InChI=1S/C14H14N4O2S/c1-8(2)18-7-9(16-6-11(18)19)13-12(17-14(15)21-13)10-4-3-5-20-10/h3-8H,1-2H3,(H2,15,17). The minimum Gasteiger partial charge on any atom is -0.463 e. The molecule has 0 aliphatic heterocycles. The highest BCUT2D eigenvalue weighted by molar-refractivity contribution is 7.19. The number of rotatable bonds is 3. The van der Waals surface area contributed by atoms with Gasteiger partial charge in [0.1, 0.15) is 5.69 Å². The minimum atomic E-state index is -0.134. The van der Waals surface area contributed by atoms with Crippen LogP contribution in [0, 0.1) is 0 Å². The molecule has 0 aromatic carbocycles. The molecule has 3 aromatic heterocycles. The van der Waals surface area contributed by atoms with Gasteiger partial charge in [-0.2, -0.15) is 0 Å². The van der Waals surface area contributed by atoms with Crippen LogP contribution in [0.25, 0.3) is 22.0 Å². The number of aromatic nitrogens is 3. The Bertz CT molecular complexity index is 818. The molecule has 0 aliphatic rings. The fourth-order valence-corrected chi connectivity index (χ4v) is 2.83. The van der Waals surface area contributed by atoms with Gasteiger partial charge < -0.3 is 14.7 Å². The molecule has 0 spiro atoms. The summed E-state index contributed by atoms with van der Waals surface area (Å²) in [7, 11) is 0. The summed E-state index contributed by atoms with van der Waals surface area (Å²) >= 11 is 1.32. The molecule has 0 atom stereocenters. The SMILES string of the molecule is CC(C)n1cc(-c2sc(N)nc2-c2ccco2)ncc1=O. The van der Waals surface area contributed by atoms with Gasteiger partial charge in [0.2, 0.25) is 0 Å². The number of anilines is 1. The van der Waals surface area contributed by atoms with E-state index in [-0.39, 0.29) is 11.6 Å². The molecule has 3 heterocycles. The molecule has 2 N–H and O–H groups in total. The van der Waals surface area contributed by atoms with Gasteiger partial charge in [-0.25, -0.2) is 9.97 Å². The lowest BCUT2D eigenvalue weighted by molar-refractivity contribution is 0.575. The molecule has 0 saturated carbocycles. The second kappa shape index (κ2) is 5.17. The van der Waals surface area contributed by atoms with Crippen LogP contribution < -0.4 is 11.3 Å². The van der Waals surface area contributed by atoms with Crippen LogP contribution in [0.2, 0.25) is 0 Å². The molecule has 0 amide bonds. The Hall–Kier alpha value is -2.41. The number of furan rings is 1. The highest BCUT2D eigenvalue weighted by Gasteiger charge is 2.18. The zero-order valence-electron chi connectivity index (χ0n) is 11.6. The summed E-state index contributed by atoms with van der Waals surface area (Å²) in [6.45, 7) is 3.89. The normalized spacial score (nSPS) is 11.2. The number of thiazole rings is 1. The molecule has 0 saturated heterocycles. The van der Waals surface area contributed by atoms with E-state index in [0.717, 1.165) is 4.88 Å². The summed E-state index contributed by atoms with van der Waals surface area (Å²) in [5, 5.41) is 0.431. The van der Waals surface area contributed by atoms with Gasteiger partial charge in [-0.3, -0.25) is 4.79 Å².